The first-order valence-electron chi connectivity index (χ1n) is 5.71. The van der Waals surface area contributed by atoms with Crippen LogP contribution in [0.2, 0.25) is 0 Å². The Morgan fingerprint density at radius 3 is 3.00 bits per heavy atom. The average Bonchev–Trinajstić information content (AvgIpc) is 2.29. The van der Waals surface area contributed by atoms with E-state index in [1.165, 1.54) is 12.1 Å². The van der Waals surface area contributed by atoms with Crippen molar-refractivity contribution < 1.29 is 9.18 Å². The molecule has 4 nitrogen and oxygen atoms in total. The molecule has 0 aromatic heterocycles. The van der Waals surface area contributed by atoms with Crippen molar-refractivity contribution in [3.63, 3.8) is 0 Å². The zero-order chi connectivity index (χ0) is 12.3. The molecule has 0 spiro atoms. The van der Waals surface area contributed by atoms with Crippen LogP contribution in [0.3, 0.4) is 0 Å². The van der Waals surface area contributed by atoms with Gasteiger partial charge in [0.25, 0.3) is 0 Å². The number of amides is 2. The quantitative estimate of drug-likeness (QED) is 0.823. The van der Waals surface area contributed by atoms with Crippen LogP contribution in [0.4, 0.5) is 14.9 Å². The average molecular weight is 274 g/mol. The highest BCUT2D eigenvalue weighted by molar-refractivity contribution is 5.89. The summed E-state index contributed by atoms with van der Waals surface area (Å²) in [6, 6.07) is 5.88. The number of halogens is 2. The molecular weight excluding hydrogens is 257 g/mol. The van der Waals surface area contributed by atoms with E-state index in [4.69, 9.17) is 0 Å². The van der Waals surface area contributed by atoms with Crippen molar-refractivity contribution in [3.8, 4) is 0 Å². The van der Waals surface area contributed by atoms with Crippen molar-refractivity contribution in [1.82, 2.24) is 10.2 Å². The number of rotatable bonds is 1. The van der Waals surface area contributed by atoms with Gasteiger partial charge < -0.3 is 15.5 Å². The summed E-state index contributed by atoms with van der Waals surface area (Å²) in [7, 11) is 0. The Morgan fingerprint density at radius 1 is 1.56 bits per heavy atom. The molecule has 18 heavy (non-hydrogen) atoms. The van der Waals surface area contributed by atoms with E-state index in [-0.39, 0.29) is 30.3 Å². The molecule has 0 saturated carbocycles. The molecule has 0 aliphatic carbocycles. The van der Waals surface area contributed by atoms with E-state index in [0.717, 1.165) is 13.1 Å². The highest BCUT2D eigenvalue weighted by atomic mass is 35.5. The summed E-state index contributed by atoms with van der Waals surface area (Å²) < 4.78 is 13.0. The van der Waals surface area contributed by atoms with Gasteiger partial charge in [0.05, 0.1) is 0 Å². The second-order valence-corrected chi connectivity index (χ2v) is 4.19. The fraction of sp³-hybridized carbons (Fsp3) is 0.417. The molecule has 1 atom stereocenters. The minimum atomic E-state index is -0.351. The number of nitrogens with zero attached hydrogens (tertiary/aromatic N) is 1. The van der Waals surface area contributed by atoms with E-state index in [2.05, 4.69) is 10.6 Å². The summed E-state index contributed by atoms with van der Waals surface area (Å²) in [4.78, 5) is 13.7. The number of hydrogen-bond acceptors (Lipinski definition) is 2. The molecule has 2 rings (SSSR count). The highest BCUT2D eigenvalue weighted by Crippen LogP contribution is 2.11. The lowest BCUT2D eigenvalue weighted by Gasteiger charge is -2.33. The summed E-state index contributed by atoms with van der Waals surface area (Å²) in [6.07, 6.45) is 0. The molecule has 1 aromatic rings. The van der Waals surface area contributed by atoms with Crippen LogP contribution in [0.5, 0.6) is 0 Å². The third kappa shape index (κ3) is 3.58. The van der Waals surface area contributed by atoms with E-state index in [1.807, 2.05) is 6.92 Å². The molecule has 0 radical (unpaired) electrons. The minimum Gasteiger partial charge on any atom is -0.319 e. The second-order valence-electron chi connectivity index (χ2n) is 4.19. The number of benzene rings is 1. The standard InChI is InChI=1S/C12H16FN3O.ClH/c1-9-8-14-5-6-16(9)12(17)15-11-4-2-3-10(13)7-11;/h2-4,7,9,14H,5-6,8H2,1H3,(H,15,17);1H/t9-;/m0./s1. The monoisotopic (exact) mass is 273 g/mol. The maximum absolute atomic E-state index is 13.0. The predicted octanol–water partition coefficient (Wildman–Crippen LogP) is 2.07. The Hall–Kier alpha value is -1.33. The Balaban J connectivity index is 0.00000162. The van der Waals surface area contributed by atoms with Crippen LogP contribution in [0.15, 0.2) is 24.3 Å². The van der Waals surface area contributed by atoms with Gasteiger partial charge in [-0.05, 0) is 25.1 Å². The molecule has 0 bridgehead atoms. The van der Waals surface area contributed by atoms with Crippen LogP contribution in [0, 0.1) is 5.82 Å². The van der Waals surface area contributed by atoms with Crippen LogP contribution in [-0.2, 0) is 0 Å². The number of carbonyl (C=O) groups excluding carboxylic acids is 1. The molecule has 0 unspecified atom stereocenters. The van der Waals surface area contributed by atoms with Crippen LogP contribution in [0.25, 0.3) is 0 Å². The maximum Gasteiger partial charge on any atom is 0.322 e. The van der Waals surface area contributed by atoms with E-state index in [9.17, 15) is 9.18 Å². The lowest BCUT2D eigenvalue weighted by molar-refractivity contribution is 0.177. The first-order chi connectivity index (χ1) is 8.16. The molecule has 1 fully saturated rings. The molecule has 1 aromatic carbocycles. The summed E-state index contributed by atoms with van der Waals surface area (Å²) in [6.45, 7) is 4.23. The van der Waals surface area contributed by atoms with Gasteiger partial charge in [-0.25, -0.2) is 9.18 Å². The van der Waals surface area contributed by atoms with Gasteiger partial charge in [-0.15, -0.1) is 12.4 Å². The molecule has 2 N–H and O–H groups in total. The summed E-state index contributed by atoms with van der Waals surface area (Å²) in [5, 5.41) is 5.91. The molecule has 2 amide bonds. The summed E-state index contributed by atoms with van der Waals surface area (Å²) >= 11 is 0. The van der Waals surface area contributed by atoms with Crippen molar-refractivity contribution in [2.75, 3.05) is 25.0 Å². The molecule has 1 heterocycles. The zero-order valence-corrected chi connectivity index (χ0v) is 11.0. The Kier molecular flexibility index (Phi) is 5.37. The normalized spacial score (nSPS) is 19.0. The van der Waals surface area contributed by atoms with Crippen LogP contribution >= 0.6 is 12.4 Å². The molecule has 6 heteroatoms. The van der Waals surface area contributed by atoms with Crippen molar-refractivity contribution in [1.29, 1.82) is 0 Å². The van der Waals surface area contributed by atoms with Crippen molar-refractivity contribution in [2.45, 2.75) is 13.0 Å². The molecule has 100 valence electrons. The van der Waals surface area contributed by atoms with Gasteiger partial charge in [0.15, 0.2) is 0 Å². The van der Waals surface area contributed by atoms with E-state index < -0.39 is 0 Å². The van der Waals surface area contributed by atoms with E-state index in [1.54, 1.807) is 17.0 Å². The van der Waals surface area contributed by atoms with Gasteiger partial charge in [-0.1, -0.05) is 6.07 Å². The van der Waals surface area contributed by atoms with Crippen molar-refractivity contribution >= 4 is 24.1 Å². The Morgan fingerprint density at radius 2 is 2.33 bits per heavy atom. The van der Waals surface area contributed by atoms with Gasteiger partial charge in [-0.3, -0.25) is 0 Å². The first-order valence-corrected chi connectivity index (χ1v) is 5.71. The number of piperazine rings is 1. The SMILES string of the molecule is C[C@H]1CNCCN1C(=O)Nc1cccc(F)c1.Cl. The Bertz CT molecular complexity index is 416. The number of carbonyl (C=O) groups is 1. The van der Waals surface area contributed by atoms with Crippen molar-refractivity contribution in [2.24, 2.45) is 0 Å². The van der Waals surface area contributed by atoms with Gasteiger partial charge in [0.2, 0.25) is 0 Å². The van der Waals surface area contributed by atoms with Crippen LogP contribution in [-0.4, -0.2) is 36.6 Å². The zero-order valence-electron chi connectivity index (χ0n) is 10.1. The first kappa shape index (κ1) is 14.7. The van der Waals surface area contributed by atoms with Gasteiger partial charge >= 0.3 is 6.03 Å². The lowest BCUT2D eigenvalue weighted by Crippen LogP contribution is -2.53. The number of anilines is 1. The van der Waals surface area contributed by atoms with E-state index in [0.29, 0.717) is 12.2 Å². The van der Waals surface area contributed by atoms with Gasteiger partial charge in [0, 0.05) is 31.4 Å². The van der Waals surface area contributed by atoms with Crippen LogP contribution in [0.1, 0.15) is 6.92 Å². The molecular formula is C12H17ClFN3O. The molecule has 1 aliphatic heterocycles. The fourth-order valence-corrected chi connectivity index (χ4v) is 1.90. The number of nitrogens with one attached hydrogen (secondary N) is 2. The second kappa shape index (κ2) is 6.56. The summed E-state index contributed by atoms with van der Waals surface area (Å²) in [5.74, 6) is -0.351. The Labute approximate surface area is 112 Å². The third-order valence-electron chi connectivity index (χ3n) is 2.84. The third-order valence-corrected chi connectivity index (χ3v) is 2.84. The topological polar surface area (TPSA) is 44.4 Å². The maximum atomic E-state index is 13.0. The van der Waals surface area contributed by atoms with E-state index >= 15 is 0 Å². The van der Waals surface area contributed by atoms with Crippen molar-refractivity contribution in [3.05, 3.63) is 30.1 Å². The largest absolute Gasteiger partial charge is 0.322 e. The predicted molar refractivity (Wildman–Crippen MR) is 71.7 cm³/mol. The smallest absolute Gasteiger partial charge is 0.319 e. The molecule has 1 aliphatic rings. The lowest BCUT2D eigenvalue weighted by atomic mass is 10.2. The van der Waals surface area contributed by atoms with Crippen LogP contribution < -0.4 is 10.6 Å². The van der Waals surface area contributed by atoms with Gasteiger partial charge in [0.1, 0.15) is 5.82 Å². The number of urea groups is 1. The summed E-state index contributed by atoms with van der Waals surface area (Å²) in [5.41, 5.74) is 0.487. The van der Waals surface area contributed by atoms with Gasteiger partial charge in [-0.2, -0.15) is 0 Å². The minimum absolute atomic E-state index is 0. The molecule has 1 saturated heterocycles. The fourth-order valence-electron chi connectivity index (χ4n) is 1.90. The number of hydrogen-bond donors (Lipinski definition) is 2. The highest BCUT2D eigenvalue weighted by Gasteiger charge is 2.22.